The average Bonchev–Trinajstić information content (AvgIpc) is 2.83. The molecule has 35 heavy (non-hydrogen) atoms. The molecular formula is C24H20ClF3N2O4S. The molecule has 3 aromatic carbocycles. The maximum atomic E-state index is 13.2. The van der Waals surface area contributed by atoms with E-state index in [1.165, 1.54) is 34.6 Å². The van der Waals surface area contributed by atoms with E-state index in [-0.39, 0.29) is 16.3 Å². The molecule has 0 bridgehead atoms. The molecule has 0 radical (unpaired) electrons. The smallest absolute Gasteiger partial charge is 0.417 e. The highest BCUT2D eigenvalue weighted by atomic mass is 35.5. The number of nitrogens with zero attached hydrogens (tertiary/aromatic N) is 1. The molecule has 0 atom stereocenters. The number of hydrogen-bond acceptors (Lipinski definition) is 4. The largest absolute Gasteiger partial charge is 0.484 e. The Morgan fingerprint density at radius 2 is 1.77 bits per heavy atom. The lowest BCUT2D eigenvalue weighted by atomic mass is 10.0. The highest BCUT2D eigenvalue weighted by Gasteiger charge is 2.33. The summed E-state index contributed by atoms with van der Waals surface area (Å²) >= 11 is 5.57. The summed E-state index contributed by atoms with van der Waals surface area (Å²) in [7, 11) is -3.79. The monoisotopic (exact) mass is 524 g/mol. The third-order valence-corrected chi connectivity index (χ3v) is 7.56. The van der Waals surface area contributed by atoms with Gasteiger partial charge in [0.15, 0.2) is 6.61 Å². The lowest BCUT2D eigenvalue weighted by Crippen LogP contribution is -2.35. The number of ether oxygens (including phenoxy) is 1. The fourth-order valence-corrected chi connectivity index (χ4v) is 5.52. The summed E-state index contributed by atoms with van der Waals surface area (Å²) in [4.78, 5) is 12.2. The van der Waals surface area contributed by atoms with Gasteiger partial charge in [0.2, 0.25) is 0 Å². The number of rotatable bonds is 6. The Morgan fingerprint density at radius 1 is 1.06 bits per heavy atom. The predicted molar refractivity (Wildman–Crippen MR) is 126 cm³/mol. The van der Waals surface area contributed by atoms with Crippen molar-refractivity contribution < 1.29 is 31.1 Å². The van der Waals surface area contributed by atoms with Crippen molar-refractivity contribution in [2.24, 2.45) is 0 Å². The first-order valence-electron chi connectivity index (χ1n) is 10.6. The second-order valence-corrected chi connectivity index (χ2v) is 10.1. The van der Waals surface area contributed by atoms with E-state index in [9.17, 15) is 26.4 Å². The molecular weight excluding hydrogens is 505 g/mol. The van der Waals surface area contributed by atoms with E-state index < -0.39 is 39.3 Å². The van der Waals surface area contributed by atoms with Crippen molar-refractivity contribution in [2.45, 2.75) is 23.9 Å². The SMILES string of the molecule is O=C(COc1ccc(S(=O)(=O)N2CCCc3ccccc32)cc1)Nc1ccc(Cl)c(C(F)(F)F)c1. The first-order chi connectivity index (χ1) is 16.6. The third-order valence-electron chi connectivity index (χ3n) is 5.40. The quantitative estimate of drug-likeness (QED) is 0.461. The second kappa shape index (κ2) is 9.79. The van der Waals surface area contributed by atoms with Gasteiger partial charge in [0.25, 0.3) is 15.9 Å². The molecule has 184 valence electrons. The second-order valence-electron chi connectivity index (χ2n) is 7.81. The van der Waals surface area contributed by atoms with E-state index in [1.807, 2.05) is 12.1 Å². The molecule has 0 fully saturated rings. The van der Waals surface area contributed by atoms with Gasteiger partial charge in [-0.3, -0.25) is 9.10 Å². The molecule has 0 aromatic heterocycles. The number of nitrogens with one attached hydrogen (secondary N) is 1. The fourth-order valence-electron chi connectivity index (χ4n) is 3.75. The third kappa shape index (κ3) is 5.54. The van der Waals surface area contributed by atoms with E-state index in [2.05, 4.69) is 5.32 Å². The van der Waals surface area contributed by atoms with Crippen molar-refractivity contribution in [1.29, 1.82) is 0 Å². The molecule has 0 spiro atoms. The molecule has 0 saturated carbocycles. The number of halogens is 4. The van der Waals surface area contributed by atoms with Gasteiger partial charge < -0.3 is 10.1 Å². The van der Waals surface area contributed by atoms with Crippen molar-refractivity contribution in [3.63, 3.8) is 0 Å². The Labute approximate surface area is 205 Å². The van der Waals surface area contributed by atoms with Crippen LogP contribution in [0, 0.1) is 0 Å². The van der Waals surface area contributed by atoms with Crippen LogP contribution in [0.1, 0.15) is 17.5 Å². The molecule has 1 aliphatic rings. The van der Waals surface area contributed by atoms with Crippen LogP contribution >= 0.6 is 11.6 Å². The first kappa shape index (κ1) is 24.9. The summed E-state index contributed by atoms with van der Waals surface area (Å²) < 4.78 is 72.0. The van der Waals surface area contributed by atoms with Crippen LogP contribution in [-0.2, 0) is 27.4 Å². The van der Waals surface area contributed by atoms with Gasteiger partial charge in [-0.25, -0.2) is 8.42 Å². The zero-order valence-corrected chi connectivity index (χ0v) is 19.8. The standard InChI is InChI=1S/C24H20ClF3N2O4S/c25-21-12-7-17(14-20(21)24(26,27)28)29-23(31)15-34-18-8-10-19(11-9-18)35(32,33)30-13-3-5-16-4-1-2-6-22(16)30/h1-2,4,6-12,14H,3,5,13,15H2,(H,29,31). The molecule has 1 aliphatic heterocycles. The van der Waals surface area contributed by atoms with Crippen LogP contribution < -0.4 is 14.4 Å². The van der Waals surface area contributed by atoms with Crippen molar-refractivity contribution in [2.75, 3.05) is 22.8 Å². The van der Waals surface area contributed by atoms with Crippen molar-refractivity contribution in [3.05, 3.63) is 82.9 Å². The van der Waals surface area contributed by atoms with Gasteiger partial charge in [-0.05, 0) is 66.9 Å². The summed E-state index contributed by atoms with van der Waals surface area (Å²) in [6.07, 6.45) is -3.14. The van der Waals surface area contributed by atoms with E-state index in [4.69, 9.17) is 16.3 Å². The maximum Gasteiger partial charge on any atom is 0.417 e. The Morgan fingerprint density at radius 3 is 2.49 bits per heavy atom. The van der Waals surface area contributed by atoms with E-state index in [1.54, 1.807) is 12.1 Å². The molecule has 4 rings (SSSR count). The van der Waals surface area contributed by atoms with E-state index >= 15 is 0 Å². The van der Waals surface area contributed by atoms with Crippen LogP contribution in [0.5, 0.6) is 5.75 Å². The number of amides is 1. The molecule has 1 N–H and O–H groups in total. The van der Waals surface area contributed by atoms with Crippen LogP contribution in [0.4, 0.5) is 24.5 Å². The zero-order valence-electron chi connectivity index (χ0n) is 18.2. The Bertz CT molecular complexity index is 1350. The number of anilines is 2. The van der Waals surface area contributed by atoms with Crippen LogP contribution in [0.25, 0.3) is 0 Å². The summed E-state index contributed by atoms with van der Waals surface area (Å²) in [6.45, 7) is -0.117. The summed E-state index contributed by atoms with van der Waals surface area (Å²) in [5, 5.41) is 1.84. The Kier molecular flexibility index (Phi) is 6.95. The molecule has 11 heteroatoms. The van der Waals surface area contributed by atoms with Crippen molar-refractivity contribution >= 4 is 38.9 Å². The molecule has 0 unspecified atom stereocenters. The average molecular weight is 525 g/mol. The topological polar surface area (TPSA) is 75.7 Å². The first-order valence-corrected chi connectivity index (χ1v) is 12.4. The number of carbonyl (C=O) groups is 1. The van der Waals surface area contributed by atoms with Gasteiger partial charge in [-0.2, -0.15) is 13.2 Å². The maximum absolute atomic E-state index is 13.2. The van der Waals surface area contributed by atoms with E-state index in [0.29, 0.717) is 18.7 Å². The number of hydrogen-bond donors (Lipinski definition) is 1. The van der Waals surface area contributed by atoms with Crippen molar-refractivity contribution in [1.82, 2.24) is 0 Å². The number of para-hydroxylation sites is 1. The molecule has 3 aromatic rings. The lowest BCUT2D eigenvalue weighted by molar-refractivity contribution is -0.137. The highest BCUT2D eigenvalue weighted by molar-refractivity contribution is 7.92. The van der Waals surface area contributed by atoms with Gasteiger partial charge in [0.05, 0.1) is 21.2 Å². The normalized spacial score (nSPS) is 13.8. The van der Waals surface area contributed by atoms with Gasteiger partial charge in [-0.15, -0.1) is 0 Å². The summed E-state index contributed by atoms with van der Waals surface area (Å²) in [6, 6.07) is 16.0. The number of carbonyl (C=O) groups excluding carboxylic acids is 1. The Hall–Kier alpha value is -3.24. The van der Waals surface area contributed by atoms with Crippen LogP contribution in [-0.4, -0.2) is 27.5 Å². The molecule has 1 amide bonds. The van der Waals surface area contributed by atoms with Crippen LogP contribution in [0.3, 0.4) is 0 Å². The minimum Gasteiger partial charge on any atom is -0.484 e. The van der Waals surface area contributed by atoms with Gasteiger partial charge in [0, 0.05) is 12.2 Å². The minimum absolute atomic E-state index is 0.0758. The van der Waals surface area contributed by atoms with Crippen LogP contribution in [0.2, 0.25) is 5.02 Å². The molecule has 6 nitrogen and oxygen atoms in total. The molecule has 0 saturated heterocycles. The van der Waals surface area contributed by atoms with Crippen LogP contribution in [0.15, 0.2) is 71.6 Å². The van der Waals surface area contributed by atoms with Crippen molar-refractivity contribution in [3.8, 4) is 5.75 Å². The summed E-state index contributed by atoms with van der Waals surface area (Å²) in [5.74, 6) is -0.465. The Balaban J connectivity index is 1.40. The number of benzene rings is 3. The molecule has 0 aliphatic carbocycles. The lowest BCUT2D eigenvalue weighted by Gasteiger charge is -2.30. The highest BCUT2D eigenvalue weighted by Crippen LogP contribution is 2.36. The number of aryl methyl sites for hydroxylation is 1. The zero-order chi connectivity index (χ0) is 25.2. The predicted octanol–water partition coefficient (Wildman–Crippen LogP) is 5.52. The minimum atomic E-state index is -4.66. The number of fused-ring (bicyclic) bond motifs is 1. The number of alkyl halides is 3. The van der Waals surface area contributed by atoms with E-state index in [0.717, 1.165) is 24.1 Å². The van der Waals surface area contributed by atoms with Gasteiger partial charge >= 0.3 is 6.18 Å². The van der Waals surface area contributed by atoms with Gasteiger partial charge in [-0.1, -0.05) is 29.8 Å². The molecule has 1 heterocycles. The van der Waals surface area contributed by atoms with Gasteiger partial charge in [0.1, 0.15) is 5.75 Å². The fraction of sp³-hybridized carbons (Fsp3) is 0.208. The summed E-state index contributed by atoms with van der Waals surface area (Å²) in [5.41, 5.74) is 0.479. The number of sulfonamides is 1.